The largest absolute Gasteiger partial charge is 0.497 e. The van der Waals surface area contributed by atoms with E-state index >= 15 is 0 Å². The maximum absolute atomic E-state index is 12.6. The summed E-state index contributed by atoms with van der Waals surface area (Å²) in [5.41, 5.74) is 0.351. The first-order valence-electron chi connectivity index (χ1n) is 7.79. The van der Waals surface area contributed by atoms with Gasteiger partial charge in [-0.1, -0.05) is 0 Å². The van der Waals surface area contributed by atoms with Gasteiger partial charge in [-0.05, 0) is 12.1 Å². The third-order valence-electron chi connectivity index (χ3n) is 4.15. The third-order valence-corrected chi connectivity index (χ3v) is 6.11. The molecule has 1 amide bonds. The molecule has 1 heterocycles. The molecule has 0 saturated carbocycles. The zero-order valence-corrected chi connectivity index (χ0v) is 15.6. The molecule has 1 fully saturated rings. The van der Waals surface area contributed by atoms with E-state index in [1.54, 1.807) is 18.2 Å². The summed E-state index contributed by atoms with van der Waals surface area (Å²) in [5.74, 6) is 0.230. The molecule has 0 aliphatic carbocycles. The summed E-state index contributed by atoms with van der Waals surface area (Å²) in [6.07, 6.45) is 0. The van der Waals surface area contributed by atoms with Gasteiger partial charge < -0.3 is 19.5 Å². The van der Waals surface area contributed by atoms with Crippen molar-refractivity contribution in [2.24, 2.45) is 5.92 Å². The van der Waals surface area contributed by atoms with Crippen LogP contribution in [-0.2, 0) is 14.8 Å². The van der Waals surface area contributed by atoms with Crippen molar-refractivity contribution in [1.82, 2.24) is 9.62 Å². The fraction of sp³-hybridized carbons (Fsp3) is 0.562. The number of ether oxygens (including phenoxy) is 3. The van der Waals surface area contributed by atoms with Gasteiger partial charge in [0.25, 0.3) is 5.91 Å². The van der Waals surface area contributed by atoms with Crippen LogP contribution in [0.25, 0.3) is 0 Å². The molecular weight excluding hydrogens is 348 g/mol. The first-order valence-corrected chi connectivity index (χ1v) is 9.40. The highest BCUT2D eigenvalue weighted by Gasteiger charge is 2.34. The number of methoxy groups -OCH3 is 2. The lowest BCUT2D eigenvalue weighted by Gasteiger charge is -2.21. The lowest BCUT2D eigenvalue weighted by atomic mass is 10.1. The Labute approximate surface area is 148 Å². The van der Waals surface area contributed by atoms with Gasteiger partial charge in [-0.3, -0.25) is 4.79 Å². The van der Waals surface area contributed by atoms with Crippen molar-refractivity contribution in [2.75, 3.05) is 47.3 Å². The van der Waals surface area contributed by atoms with E-state index in [0.29, 0.717) is 17.1 Å². The molecule has 1 aromatic rings. The molecule has 8 nitrogen and oxygen atoms in total. The summed E-state index contributed by atoms with van der Waals surface area (Å²) >= 11 is 0. The molecule has 2 rings (SSSR count). The van der Waals surface area contributed by atoms with E-state index in [4.69, 9.17) is 14.2 Å². The van der Waals surface area contributed by atoms with Crippen LogP contribution in [0.4, 0.5) is 0 Å². The van der Waals surface area contributed by atoms with Crippen molar-refractivity contribution < 1.29 is 27.4 Å². The van der Waals surface area contributed by atoms with Gasteiger partial charge in [0.05, 0.1) is 44.8 Å². The number of nitrogens with zero attached hydrogens (tertiary/aromatic N) is 1. The highest BCUT2D eigenvalue weighted by molar-refractivity contribution is 7.89. The van der Waals surface area contributed by atoms with Crippen LogP contribution in [-0.4, -0.2) is 72.0 Å². The molecule has 1 aliphatic heterocycles. The average Bonchev–Trinajstić information content (AvgIpc) is 3.00. The van der Waals surface area contributed by atoms with Crippen LogP contribution < -0.4 is 14.8 Å². The third kappa shape index (κ3) is 4.62. The number of sulfonamides is 1. The molecule has 0 radical (unpaired) electrons. The first kappa shape index (κ1) is 19.5. The second-order valence-corrected chi connectivity index (χ2v) is 8.23. The molecular formula is C16H24N2O6S. The highest BCUT2D eigenvalue weighted by Crippen LogP contribution is 2.25. The zero-order chi connectivity index (χ0) is 18.6. The highest BCUT2D eigenvalue weighted by atomic mass is 32.2. The van der Waals surface area contributed by atoms with Gasteiger partial charge in [-0.2, -0.15) is 0 Å². The SMILES string of the molecule is COc1ccc(C(=O)NC2COCC2CS(=O)(=O)N(C)C)c(OC)c1. The van der Waals surface area contributed by atoms with E-state index in [-0.39, 0.29) is 36.8 Å². The van der Waals surface area contributed by atoms with Crippen LogP contribution in [0.1, 0.15) is 10.4 Å². The summed E-state index contributed by atoms with van der Waals surface area (Å²) in [4.78, 5) is 12.6. The topological polar surface area (TPSA) is 94.2 Å². The second-order valence-electron chi connectivity index (χ2n) is 6.00. The van der Waals surface area contributed by atoms with Gasteiger partial charge in [-0.15, -0.1) is 0 Å². The fourth-order valence-corrected chi connectivity index (χ4v) is 3.74. The average molecular weight is 372 g/mol. The number of carbonyl (C=O) groups is 1. The summed E-state index contributed by atoms with van der Waals surface area (Å²) < 4.78 is 41.1. The molecule has 1 aromatic carbocycles. The molecule has 1 aliphatic rings. The van der Waals surface area contributed by atoms with E-state index < -0.39 is 10.0 Å². The molecule has 0 aromatic heterocycles. The Morgan fingerprint density at radius 3 is 2.60 bits per heavy atom. The maximum Gasteiger partial charge on any atom is 0.255 e. The van der Waals surface area contributed by atoms with Crippen molar-refractivity contribution in [2.45, 2.75) is 6.04 Å². The lowest BCUT2D eigenvalue weighted by Crippen LogP contribution is -2.43. The number of hydrogen-bond acceptors (Lipinski definition) is 6. The van der Waals surface area contributed by atoms with Crippen LogP contribution in [0.3, 0.4) is 0 Å². The van der Waals surface area contributed by atoms with E-state index in [0.717, 1.165) is 0 Å². The minimum atomic E-state index is -3.38. The van der Waals surface area contributed by atoms with Gasteiger partial charge in [0.15, 0.2) is 0 Å². The fourth-order valence-electron chi connectivity index (χ4n) is 2.57. The van der Waals surface area contributed by atoms with E-state index in [1.807, 2.05) is 0 Å². The Kier molecular flexibility index (Phi) is 6.26. The summed E-state index contributed by atoms with van der Waals surface area (Å²) in [7, 11) is 2.60. The lowest BCUT2D eigenvalue weighted by molar-refractivity contribution is 0.0923. The predicted molar refractivity (Wildman–Crippen MR) is 92.6 cm³/mol. The van der Waals surface area contributed by atoms with Gasteiger partial charge in [0, 0.05) is 26.1 Å². The predicted octanol–water partition coefficient (Wildman–Crippen LogP) is 0.340. The van der Waals surface area contributed by atoms with Crippen LogP contribution in [0.5, 0.6) is 11.5 Å². The van der Waals surface area contributed by atoms with Crippen molar-refractivity contribution in [3.63, 3.8) is 0 Å². The minimum absolute atomic E-state index is 0.0787. The molecule has 25 heavy (non-hydrogen) atoms. The summed E-state index contributed by atoms with van der Waals surface area (Å²) in [6.45, 7) is 0.565. The molecule has 1 saturated heterocycles. The van der Waals surface area contributed by atoms with Crippen molar-refractivity contribution >= 4 is 15.9 Å². The number of rotatable bonds is 7. The van der Waals surface area contributed by atoms with Gasteiger partial charge in [0.2, 0.25) is 10.0 Å². The Morgan fingerprint density at radius 1 is 1.28 bits per heavy atom. The van der Waals surface area contributed by atoms with E-state index in [2.05, 4.69) is 5.32 Å². The normalized spacial score (nSPS) is 20.5. The Hall–Kier alpha value is -1.84. The minimum Gasteiger partial charge on any atom is -0.497 e. The van der Waals surface area contributed by atoms with E-state index in [9.17, 15) is 13.2 Å². The molecule has 0 bridgehead atoms. The maximum atomic E-state index is 12.6. The van der Waals surface area contributed by atoms with Crippen LogP contribution in [0.2, 0.25) is 0 Å². The number of hydrogen-bond donors (Lipinski definition) is 1. The molecule has 140 valence electrons. The monoisotopic (exact) mass is 372 g/mol. The molecule has 0 spiro atoms. The quantitative estimate of drug-likeness (QED) is 0.742. The molecule has 9 heteroatoms. The number of amides is 1. The van der Waals surface area contributed by atoms with Crippen LogP contribution >= 0.6 is 0 Å². The number of nitrogens with one attached hydrogen (secondary N) is 1. The smallest absolute Gasteiger partial charge is 0.255 e. The summed E-state index contributed by atoms with van der Waals surface area (Å²) in [5, 5.41) is 2.85. The van der Waals surface area contributed by atoms with E-state index in [1.165, 1.54) is 32.6 Å². The van der Waals surface area contributed by atoms with Crippen molar-refractivity contribution in [1.29, 1.82) is 0 Å². The molecule has 2 atom stereocenters. The van der Waals surface area contributed by atoms with Gasteiger partial charge >= 0.3 is 0 Å². The Bertz CT molecular complexity index is 719. The number of benzene rings is 1. The zero-order valence-electron chi connectivity index (χ0n) is 14.8. The van der Waals surface area contributed by atoms with Crippen molar-refractivity contribution in [3.8, 4) is 11.5 Å². The van der Waals surface area contributed by atoms with Crippen LogP contribution in [0, 0.1) is 5.92 Å². The van der Waals surface area contributed by atoms with Gasteiger partial charge in [-0.25, -0.2) is 12.7 Å². The number of carbonyl (C=O) groups excluding carboxylic acids is 1. The first-order chi connectivity index (χ1) is 11.8. The molecule has 2 unspecified atom stereocenters. The Balaban J connectivity index is 2.12. The summed E-state index contributed by atoms with van der Waals surface area (Å²) in [6, 6.07) is 4.51. The molecule has 1 N–H and O–H groups in total. The Morgan fingerprint density at radius 2 is 2.00 bits per heavy atom. The van der Waals surface area contributed by atoms with Gasteiger partial charge in [0.1, 0.15) is 11.5 Å². The standard InChI is InChI=1S/C16H24N2O6S/c1-18(2)25(20,21)10-11-8-24-9-14(11)17-16(19)13-6-5-12(22-3)7-15(13)23-4/h5-7,11,14H,8-10H2,1-4H3,(H,17,19). The van der Waals surface area contributed by atoms with Crippen molar-refractivity contribution in [3.05, 3.63) is 23.8 Å². The second kappa shape index (κ2) is 8.03. The van der Waals surface area contributed by atoms with Crippen LogP contribution in [0.15, 0.2) is 18.2 Å².